The van der Waals surface area contributed by atoms with Crippen molar-refractivity contribution in [3.05, 3.63) is 0 Å². The van der Waals surface area contributed by atoms with Gasteiger partial charge in [0.2, 0.25) is 0 Å². The molecular weight excluding hydrogens is 521 g/mol. The summed E-state index contributed by atoms with van der Waals surface area (Å²) in [6.07, 6.45) is 6.68. The molecular formula is C20H46O6S4Si2. The van der Waals surface area contributed by atoms with Gasteiger partial charge >= 0.3 is 8.80 Å². The van der Waals surface area contributed by atoms with Gasteiger partial charge in [0.25, 0.3) is 0 Å². The molecule has 0 aromatic heterocycles. The van der Waals surface area contributed by atoms with E-state index in [9.17, 15) is 15.3 Å². The molecule has 0 amide bonds. The average Bonchev–Trinajstić information content (AvgIpc) is 2.84. The molecule has 194 valence electrons. The summed E-state index contributed by atoms with van der Waals surface area (Å²) in [5.74, 6) is 3.31. The highest BCUT2D eigenvalue weighted by molar-refractivity contribution is 9.26. The second-order valence-electron chi connectivity index (χ2n) is 8.29. The highest BCUT2D eigenvalue weighted by Crippen LogP contribution is 2.44. The van der Waals surface area contributed by atoms with Gasteiger partial charge < -0.3 is 28.6 Å². The van der Waals surface area contributed by atoms with Crippen LogP contribution in [0.5, 0.6) is 0 Å². The Labute approximate surface area is 213 Å². The predicted octanol–water partition coefficient (Wildman–Crippen LogP) is 5.20. The van der Waals surface area contributed by atoms with E-state index < -0.39 is 16.9 Å². The summed E-state index contributed by atoms with van der Waals surface area (Å²) in [6, 6.07) is 1.70. The SMILES string of the molecule is CCC(CCCSSSSCCCC(CC)C[Si](OC)(OC)OC)C[Si](CO)(CO)CO. The third-order valence-electron chi connectivity index (χ3n) is 6.16. The monoisotopic (exact) mass is 566 g/mol. The number of aliphatic hydroxyl groups is 3. The van der Waals surface area contributed by atoms with E-state index in [1.165, 1.54) is 12.8 Å². The molecule has 32 heavy (non-hydrogen) atoms. The van der Waals surface area contributed by atoms with Crippen molar-refractivity contribution in [1.29, 1.82) is 0 Å². The van der Waals surface area contributed by atoms with Gasteiger partial charge in [0, 0.05) is 57.6 Å². The maximum atomic E-state index is 9.59. The van der Waals surface area contributed by atoms with E-state index in [1.54, 1.807) is 21.3 Å². The highest BCUT2D eigenvalue weighted by atomic mass is 33.7. The molecule has 0 aliphatic heterocycles. The molecule has 0 aliphatic carbocycles. The summed E-state index contributed by atoms with van der Waals surface area (Å²) in [5.41, 5.74) is 0. The zero-order chi connectivity index (χ0) is 24.3. The van der Waals surface area contributed by atoms with E-state index in [4.69, 9.17) is 13.3 Å². The van der Waals surface area contributed by atoms with E-state index in [-0.39, 0.29) is 18.7 Å². The summed E-state index contributed by atoms with van der Waals surface area (Å²) in [4.78, 5) is 0. The van der Waals surface area contributed by atoms with Crippen LogP contribution in [0, 0.1) is 11.8 Å². The molecule has 0 saturated heterocycles. The third-order valence-corrected chi connectivity index (χ3v) is 19.2. The van der Waals surface area contributed by atoms with Crippen LogP contribution in [0.1, 0.15) is 52.4 Å². The minimum atomic E-state index is -2.48. The van der Waals surface area contributed by atoms with Crippen LogP contribution < -0.4 is 0 Å². The Morgan fingerprint density at radius 2 is 1.09 bits per heavy atom. The van der Waals surface area contributed by atoms with Crippen LogP contribution in [0.25, 0.3) is 0 Å². The first-order valence-corrected chi connectivity index (χ1v) is 21.4. The number of hydrogen-bond acceptors (Lipinski definition) is 10. The van der Waals surface area contributed by atoms with Crippen molar-refractivity contribution in [3.63, 3.8) is 0 Å². The van der Waals surface area contributed by atoms with Gasteiger partial charge in [-0.3, -0.25) is 0 Å². The topological polar surface area (TPSA) is 88.4 Å². The fraction of sp³-hybridized carbons (Fsp3) is 1.00. The van der Waals surface area contributed by atoms with E-state index in [2.05, 4.69) is 13.8 Å². The van der Waals surface area contributed by atoms with Crippen molar-refractivity contribution in [2.24, 2.45) is 11.8 Å². The maximum Gasteiger partial charge on any atom is 0.500 e. The lowest BCUT2D eigenvalue weighted by atomic mass is 10.0. The third kappa shape index (κ3) is 13.6. The summed E-state index contributed by atoms with van der Waals surface area (Å²) in [5, 5.41) is 28.8. The normalized spacial score (nSPS) is 14.6. The smallest absolute Gasteiger partial charge is 0.399 e. The zero-order valence-corrected chi connectivity index (χ0v) is 25.8. The fourth-order valence-corrected chi connectivity index (χ4v) is 14.5. The standard InChI is InChI=1S/C20H46O6S4Si2/c1-6-19(14-31(16-21,17-22)18-23)10-8-12-27-29-30-28-13-9-11-20(7-2)15-32(24-3,25-4)26-5/h19-23H,6-18H2,1-5H3. The van der Waals surface area contributed by atoms with Crippen LogP contribution in [0.15, 0.2) is 0 Å². The van der Waals surface area contributed by atoms with Gasteiger partial charge in [-0.15, -0.1) is 0 Å². The van der Waals surface area contributed by atoms with Gasteiger partial charge in [-0.1, -0.05) is 48.3 Å². The molecule has 0 fully saturated rings. The molecule has 2 atom stereocenters. The zero-order valence-electron chi connectivity index (χ0n) is 20.5. The lowest BCUT2D eigenvalue weighted by molar-refractivity contribution is 0.117. The van der Waals surface area contributed by atoms with E-state index >= 15 is 0 Å². The van der Waals surface area contributed by atoms with E-state index in [1.807, 2.05) is 41.2 Å². The first-order valence-electron chi connectivity index (χ1n) is 11.5. The molecule has 0 bridgehead atoms. The Bertz CT molecular complexity index is 380. The molecule has 0 rings (SSSR count). The van der Waals surface area contributed by atoms with Gasteiger partial charge in [0.05, 0.1) is 0 Å². The Morgan fingerprint density at radius 1 is 0.688 bits per heavy atom. The predicted molar refractivity (Wildman–Crippen MR) is 150 cm³/mol. The molecule has 0 aromatic carbocycles. The molecule has 0 spiro atoms. The van der Waals surface area contributed by atoms with Crippen LogP contribution in [0.4, 0.5) is 0 Å². The van der Waals surface area contributed by atoms with Gasteiger partial charge in [-0.05, 0) is 63.2 Å². The highest BCUT2D eigenvalue weighted by Gasteiger charge is 2.39. The van der Waals surface area contributed by atoms with Gasteiger partial charge in [0.1, 0.15) is 8.07 Å². The lowest BCUT2D eigenvalue weighted by Crippen LogP contribution is -2.49. The van der Waals surface area contributed by atoms with Gasteiger partial charge in [-0.2, -0.15) is 0 Å². The Kier molecular flexibility index (Phi) is 21.8. The minimum absolute atomic E-state index is 0.0259. The van der Waals surface area contributed by atoms with Crippen molar-refractivity contribution in [2.45, 2.75) is 64.5 Å². The summed E-state index contributed by atoms with van der Waals surface area (Å²) in [7, 11) is 7.82. The van der Waals surface area contributed by atoms with Crippen molar-refractivity contribution in [2.75, 3.05) is 51.5 Å². The van der Waals surface area contributed by atoms with E-state index in [0.29, 0.717) is 11.8 Å². The van der Waals surface area contributed by atoms with Crippen molar-refractivity contribution >= 4 is 58.1 Å². The summed E-state index contributed by atoms with van der Waals surface area (Å²) >= 11 is 0. The second kappa shape index (κ2) is 20.8. The Hall–Kier alpha value is 1.59. The maximum absolute atomic E-state index is 9.59. The minimum Gasteiger partial charge on any atom is -0.399 e. The summed E-state index contributed by atoms with van der Waals surface area (Å²) in [6.45, 7) is 4.39. The molecule has 12 heteroatoms. The number of hydrogen-bond donors (Lipinski definition) is 3. The molecule has 6 nitrogen and oxygen atoms in total. The summed E-state index contributed by atoms with van der Waals surface area (Å²) < 4.78 is 16.7. The molecule has 0 aliphatic rings. The molecule has 2 unspecified atom stereocenters. The molecule has 0 saturated carbocycles. The van der Waals surface area contributed by atoms with Crippen molar-refractivity contribution in [3.8, 4) is 0 Å². The second-order valence-corrected chi connectivity index (χ2v) is 21.9. The number of aliphatic hydroxyl groups excluding tert-OH is 3. The molecule has 0 aromatic rings. The average molecular weight is 567 g/mol. The first kappa shape index (κ1) is 33.6. The van der Waals surface area contributed by atoms with E-state index in [0.717, 1.165) is 49.3 Å². The Morgan fingerprint density at radius 3 is 1.44 bits per heavy atom. The largest absolute Gasteiger partial charge is 0.500 e. The van der Waals surface area contributed by atoms with Crippen LogP contribution in [-0.4, -0.2) is 83.7 Å². The lowest BCUT2D eigenvalue weighted by Gasteiger charge is -2.29. The van der Waals surface area contributed by atoms with Gasteiger partial charge in [-0.25, -0.2) is 0 Å². The van der Waals surface area contributed by atoms with Crippen LogP contribution in [-0.2, 0) is 13.3 Å². The van der Waals surface area contributed by atoms with Crippen LogP contribution in [0.2, 0.25) is 12.1 Å². The quantitative estimate of drug-likeness (QED) is 0.0871. The molecule has 0 heterocycles. The first-order chi connectivity index (χ1) is 15.4. The van der Waals surface area contributed by atoms with Crippen molar-refractivity contribution < 1.29 is 28.6 Å². The number of rotatable bonds is 23. The fourth-order valence-electron chi connectivity index (χ4n) is 3.68. The Balaban J connectivity index is 3.89. The van der Waals surface area contributed by atoms with Crippen LogP contribution >= 0.6 is 41.2 Å². The van der Waals surface area contributed by atoms with Crippen molar-refractivity contribution in [1.82, 2.24) is 0 Å². The van der Waals surface area contributed by atoms with Crippen LogP contribution in [0.3, 0.4) is 0 Å². The van der Waals surface area contributed by atoms with Gasteiger partial charge in [0.15, 0.2) is 0 Å². The molecule has 0 radical (unpaired) electrons. The molecule has 3 N–H and O–H groups in total.